The predicted octanol–water partition coefficient (Wildman–Crippen LogP) is 3.00. The summed E-state index contributed by atoms with van der Waals surface area (Å²) in [5.41, 5.74) is 1.29. The molecule has 0 spiro atoms. The molecule has 0 aliphatic carbocycles. The Morgan fingerprint density at radius 1 is 1.25 bits per heavy atom. The van der Waals surface area contributed by atoms with Crippen molar-refractivity contribution in [2.75, 3.05) is 0 Å². The molecule has 1 nitrogen and oxygen atoms in total. The fourth-order valence-corrected chi connectivity index (χ4v) is 1.56. The molecule has 0 aromatic carbocycles. The van der Waals surface area contributed by atoms with Gasteiger partial charge in [0.25, 0.3) is 0 Å². The van der Waals surface area contributed by atoms with Crippen LogP contribution >= 0.6 is 0 Å². The molecule has 0 saturated carbocycles. The highest BCUT2D eigenvalue weighted by molar-refractivity contribution is 5.39. The number of aromatic nitrogens is 1. The van der Waals surface area contributed by atoms with Gasteiger partial charge in [-0.1, -0.05) is 52.5 Å². The molecule has 1 heteroatoms. The van der Waals surface area contributed by atoms with Crippen LogP contribution in [0.2, 0.25) is 0 Å². The maximum Gasteiger partial charge on any atom is 0.0346 e. The Balaban J connectivity index is 0.00000106. The van der Waals surface area contributed by atoms with Gasteiger partial charge in [-0.2, -0.15) is 0 Å². The summed E-state index contributed by atoms with van der Waals surface area (Å²) >= 11 is 0. The average Bonchev–Trinajstić information content (AvgIpc) is 2.31. The summed E-state index contributed by atoms with van der Waals surface area (Å²) in [6, 6.07) is 0. The van der Waals surface area contributed by atoms with Gasteiger partial charge in [-0.05, 0) is 28.8 Å². The lowest BCUT2D eigenvalue weighted by Crippen LogP contribution is -2.29. The minimum Gasteiger partial charge on any atom is -0.264 e. The van der Waals surface area contributed by atoms with Gasteiger partial charge in [-0.15, -0.1) is 0 Å². The molecule has 0 N–H and O–H groups in total. The quantitative estimate of drug-likeness (QED) is 0.742. The molecule has 0 saturated heterocycles. The van der Waals surface area contributed by atoms with Crippen molar-refractivity contribution in [2.24, 2.45) is 0 Å². The standard InChI is InChI=1S/C13H17N.C2H6/c1-5-7-11-8-14-9-13(10(3)4)12(11)6-2;1-2/h5-10H,1H2,2-4H3;1-2H3/b11-7-,12-6+;. The molecule has 0 bridgehead atoms. The van der Waals surface area contributed by atoms with Crippen LogP contribution in [0.5, 0.6) is 0 Å². The van der Waals surface area contributed by atoms with Crippen molar-refractivity contribution in [3.05, 3.63) is 41.0 Å². The van der Waals surface area contributed by atoms with Gasteiger partial charge < -0.3 is 0 Å². The molecule has 1 aromatic rings. The van der Waals surface area contributed by atoms with Crippen LogP contribution in [0, 0.1) is 0 Å². The van der Waals surface area contributed by atoms with Crippen molar-refractivity contribution in [1.82, 2.24) is 4.98 Å². The molecule has 0 unspecified atom stereocenters. The molecular formula is C15H23N. The summed E-state index contributed by atoms with van der Waals surface area (Å²) in [7, 11) is 0. The summed E-state index contributed by atoms with van der Waals surface area (Å²) in [6.07, 6.45) is 9.75. The lowest BCUT2D eigenvalue weighted by molar-refractivity contribution is 0.846. The van der Waals surface area contributed by atoms with E-state index in [0.717, 1.165) is 5.22 Å². The minimum atomic E-state index is 0.506. The summed E-state index contributed by atoms with van der Waals surface area (Å²) in [5, 5.41) is 2.42. The number of nitrogens with zero attached hydrogens (tertiary/aromatic N) is 1. The third kappa shape index (κ3) is 3.65. The third-order valence-corrected chi connectivity index (χ3v) is 2.26. The Morgan fingerprint density at radius 2 is 1.88 bits per heavy atom. The molecule has 0 aliphatic heterocycles. The van der Waals surface area contributed by atoms with E-state index in [9.17, 15) is 0 Å². The Morgan fingerprint density at radius 3 is 2.31 bits per heavy atom. The molecule has 0 amide bonds. The van der Waals surface area contributed by atoms with Crippen molar-refractivity contribution in [3.63, 3.8) is 0 Å². The van der Waals surface area contributed by atoms with Gasteiger partial charge in [0.1, 0.15) is 0 Å². The second-order valence-corrected chi connectivity index (χ2v) is 3.58. The van der Waals surface area contributed by atoms with Gasteiger partial charge in [0.05, 0.1) is 0 Å². The molecule has 1 rings (SSSR count). The molecule has 16 heavy (non-hydrogen) atoms. The smallest absolute Gasteiger partial charge is 0.0346 e. The van der Waals surface area contributed by atoms with Gasteiger partial charge in [-0.25, -0.2) is 0 Å². The highest BCUT2D eigenvalue weighted by Crippen LogP contribution is 2.05. The molecule has 1 heterocycles. The lowest BCUT2D eigenvalue weighted by Gasteiger charge is -2.05. The Labute approximate surface area is 99.2 Å². The highest BCUT2D eigenvalue weighted by Gasteiger charge is 2.00. The Bertz CT molecular complexity index is 427. The first-order valence-corrected chi connectivity index (χ1v) is 5.93. The second kappa shape index (κ2) is 7.86. The van der Waals surface area contributed by atoms with Crippen LogP contribution in [-0.2, 0) is 0 Å². The third-order valence-electron chi connectivity index (χ3n) is 2.26. The number of rotatable bonds is 2. The first-order valence-electron chi connectivity index (χ1n) is 5.93. The van der Waals surface area contributed by atoms with E-state index in [-0.39, 0.29) is 0 Å². The first kappa shape index (κ1) is 14.6. The van der Waals surface area contributed by atoms with E-state index in [0.29, 0.717) is 5.92 Å². The van der Waals surface area contributed by atoms with Gasteiger partial charge >= 0.3 is 0 Å². The topological polar surface area (TPSA) is 12.9 Å². The number of hydrogen-bond donors (Lipinski definition) is 0. The van der Waals surface area contributed by atoms with E-state index in [4.69, 9.17) is 0 Å². The van der Waals surface area contributed by atoms with Gasteiger partial charge in [0, 0.05) is 12.4 Å². The van der Waals surface area contributed by atoms with Crippen molar-refractivity contribution in [3.8, 4) is 0 Å². The van der Waals surface area contributed by atoms with Gasteiger partial charge in [0.2, 0.25) is 0 Å². The van der Waals surface area contributed by atoms with Crippen LogP contribution < -0.4 is 10.4 Å². The molecule has 0 radical (unpaired) electrons. The van der Waals surface area contributed by atoms with E-state index in [1.807, 2.05) is 32.3 Å². The Kier molecular flexibility index (Phi) is 7.19. The molecule has 1 aromatic heterocycles. The molecule has 0 aliphatic rings. The second-order valence-electron chi connectivity index (χ2n) is 3.58. The largest absolute Gasteiger partial charge is 0.264 e. The first-order chi connectivity index (χ1) is 7.70. The minimum absolute atomic E-state index is 0.506. The van der Waals surface area contributed by atoms with E-state index >= 15 is 0 Å². The number of pyridine rings is 1. The fraction of sp³-hybridized carbons (Fsp3) is 0.400. The van der Waals surface area contributed by atoms with E-state index in [2.05, 4.69) is 38.4 Å². The maximum absolute atomic E-state index is 4.23. The van der Waals surface area contributed by atoms with Crippen molar-refractivity contribution >= 4 is 12.2 Å². The van der Waals surface area contributed by atoms with Gasteiger partial charge in [-0.3, -0.25) is 4.98 Å². The Hall–Kier alpha value is -1.37. The summed E-state index contributed by atoms with van der Waals surface area (Å²) < 4.78 is 0. The van der Waals surface area contributed by atoms with Crippen LogP contribution in [0.15, 0.2) is 25.0 Å². The van der Waals surface area contributed by atoms with Gasteiger partial charge in [0.15, 0.2) is 0 Å². The fourth-order valence-electron chi connectivity index (χ4n) is 1.56. The molecule has 88 valence electrons. The summed E-state index contributed by atoms with van der Waals surface area (Å²) in [5.74, 6) is 0.506. The van der Waals surface area contributed by atoms with E-state index in [1.165, 1.54) is 10.8 Å². The van der Waals surface area contributed by atoms with E-state index < -0.39 is 0 Å². The van der Waals surface area contributed by atoms with Crippen molar-refractivity contribution in [2.45, 2.75) is 40.5 Å². The van der Waals surface area contributed by atoms with Crippen LogP contribution in [0.3, 0.4) is 0 Å². The molecule has 0 atom stereocenters. The maximum atomic E-state index is 4.23. The summed E-state index contributed by atoms with van der Waals surface area (Å²) in [6.45, 7) is 14.1. The SMILES string of the molecule is C=C/C=c1/cncc(C(C)C)/c1=C/C.CC. The molecule has 0 fully saturated rings. The average molecular weight is 217 g/mol. The van der Waals surface area contributed by atoms with Crippen molar-refractivity contribution < 1.29 is 0 Å². The predicted molar refractivity (Wildman–Crippen MR) is 73.7 cm³/mol. The van der Waals surface area contributed by atoms with E-state index in [1.54, 1.807) is 6.08 Å². The normalized spacial score (nSPS) is 12.4. The lowest BCUT2D eigenvalue weighted by atomic mass is 10.0. The molecular weight excluding hydrogens is 194 g/mol. The van der Waals surface area contributed by atoms with Crippen LogP contribution in [0.4, 0.5) is 0 Å². The zero-order valence-corrected chi connectivity index (χ0v) is 11.1. The number of allylic oxidation sites excluding steroid dienone is 1. The van der Waals surface area contributed by atoms with Crippen molar-refractivity contribution in [1.29, 1.82) is 0 Å². The van der Waals surface area contributed by atoms with Crippen LogP contribution in [-0.4, -0.2) is 4.98 Å². The van der Waals surface area contributed by atoms with Crippen LogP contribution in [0.25, 0.3) is 12.2 Å². The van der Waals surface area contributed by atoms with Crippen LogP contribution in [0.1, 0.15) is 46.1 Å². The zero-order valence-electron chi connectivity index (χ0n) is 11.1. The zero-order chi connectivity index (χ0) is 12.6. The number of hydrogen-bond acceptors (Lipinski definition) is 1. The summed E-state index contributed by atoms with van der Waals surface area (Å²) in [4.78, 5) is 4.23. The monoisotopic (exact) mass is 217 g/mol. The highest BCUT2D eigenvalue weighted by atomic mass is 14.6.